The van der Waals surface area contributed by atoms with Gasteiger partial charge in [0.05, 0.1) is 12.2 Å². The molecule has 0 aliphatic heterocycles. The smallest absolute Gasteiger partial charge is 0.338 e. The zero-order chi connectivity index (χ0) is 16.8. The Kier molecular flexibility index (Phi) is 5.49. The van der Waals surface area contributed by atoms with Crippen LogP contribution in [-0.4, -0.2) is 23.1 Å². The van der Waals surface area contributed by atoms with Crippen LogP contribution in [0.25, 0.3) is 0 Å². The molecule has 0 aromatic heterocycles. The topological polar surface area (TPSA) is 75.6 Å². The van der Waals surface area contributed by atoms with E-state index in [1.165, 1.54) is 6.92 Å². The number of nitrogens with one attached hydrogen (secondary N) is 1. The first-order valence-electron chi connectivity index (χ1n) is 7.28. The third-order valence-corrected chi connectivity index (χ3v) is 3.34. The van der Waals surface area contributed by atoms with E-state index in [0.717, 1.165) is 5.56 Å². The number of carbonyl (C=O) groups excluding carboxylic acids is 2. The zero-order valence-corrected chi connectivity index (χ0v) is 13.1. The number of hydrogen-bond acceptors (Lipinski definition) is 4. The Morgan fingerprint density at radius 3 is 2.26 bits per heavy atom. The van der Waals surface area contributed by atoms with Gasteiger partial charge in [0.15, 0.2) is 6.10 Å². The molecule has 2 rings (SSSR count). The highest BCUT2D eigenvalue weighted by Crippen LogP contribution is 2.11. The Morgan fingerprint density at radius 2 is 1.70 bits per heavy atom. The van der Waals surface area contributed by atoms with Crippen LogP contribution in [-0.2, 0) is 16.1 Å². The highest BCUT2D eigenvalue weighted by atomic mass is 16.5. The summed E-state index contributed by atoms with van der Waals surface area (Å²) in [6.07, 6.45) is -0.915. The second-order valence-electron chi connectivity index (χ2n) is 5.26. The molecule has 0 aliphatic rings. The van der Waals surface area contributed by atoms with Crippen molar-refractivity contribution in [2.24, 2.45) is 0 Å². The molecule has 5 heteroatoms. The second-order valence-corrected chi connectivity index (χ2v) is 5.26. The van der Waals surface area contributed by atoms with Gasteiger partial charge in [-0.05, 0) is 43.7 Å². The monoisotopic (exact) mass is 313 g/mol. The van der Waals surface area contributed by atoms with E-state index in [4.69, 9.17) is 9.84 Å². The fourth-order valence-corrected chi connectivity index (χ4v) is 1.91. The van der Waals surface area contributed by atoms with Gasteiger partial charge in [-0.3, -0.25) is 4.79 Å². The van der Waals surface area contributed by atoms with Gasteiger partial charge in [-0.25, -0.2) is 4.79 Å². The number of amides is 1. The molecule has 0 spiro atoms. The molecule has 0 aliphatic carbocycles. The predicted molar refractivity (Wildman–Crippen MR) is 87.1 cm³/mol. The summed E-state index contributed by atoms with van der Waals surface area (Å²) in [6, 6.07) is 13.7. The minimum atomic E-state index is -0.915. The molecule has 0 bridgehead atoms. The fraction of sp³-hybridized carbons (Fsp3) is 0.222. The number of aryl methyl sites for hydroxylation is 1. The van der Waals surface area contributed by atoms with Gasteiger partial charge in [-0.15, -0.1) is 0 Å². The molecule has 120 valence electrons. The summed E-state index contributed by atoms with van der Waals surface area (Å²) in [5.41, 5.74) is 2.77. The Labute approximate surface area is 134 Å². The van der Waals surface area contributed by atoms with E-state index in [1.807, 2.05) is 19.1 Å². The molecular weight excluding hydrogens is 294 g/mol. The van der Waals surface area contributed by atoms with Gasteiger partial charge in [0.2, 0.25) is 0 Å². The van der Waals surface area contributed by atoms with Gasteiger partial charge >= 0.3 is 5.97 Å². The lowest BCUT2D eigenvalue weighted by Gasteiger charge is -2.13. The molecule has 2 aromatic rings. The number of ether oxygens (including phenoxy) is 1. The molecule has 2 aromatic carbocycles. The highest BCUT2D eigenvalue weighted by Gasteiger charge is 2.19. The molecule has 1 atom stereocenters. The molecule has 0 unspecified atom stereocenters. The maximum absolute atomic E-state index is 12.0. The molecule has 0 saturated heterocycles. The maximum atomic E-state index is 12.0. The van der Waals surface area contributed by atoms with Crippen LogP contribution in [0.1, 0.15) is 28.4 Å². The van der Waals surface area contributed by atoms with Gasteiger partial charge in [0.25, 0.3) is 5.91 Å². The normalized spacial score (nSPS) is 11.6. The van der Waals surface area contributed by atoms with Crippen molar-refractivity contribution in [2.75, 3.05) is 5.32 Å². The lowest BCUT2D eigenvalue weighted by molar-refractivity contribution is -0.123. The van der Waals surface area contributed by atoms with Crippen molar-refractivity contribution < 1.29 is 19.4 Å². The lowest BCUT2D eigenvalue weighted by Crippen LogP contribution is -2.30. The number of aliphatic hydroxyl groups is 1. The molecular formula is C18H19NO4. The lowest BCUT2D eigenvalue weighted by atomic mass is 10.1. The van der Waals surface area contributed by atoms with Crippen molar-refractivity contribution in [2.45, 2.75) is 26.6 Å². The van der Waals surface area contributed by atoms with Crippen LogP contribution >= 0.6 is 0 Å². The summed E-state index contributed by atoms with van der Waals surface area (Å²) in [5, 5.41) is 11.7. The second kappa shape index (κ2) is 7.56. The van der Waals surface area contributed by atoms with Crippen LogP contribution in [0.3, 0.4) is 0 Å². The van der Waals surface area contributed by atoms with Gasteiger partial charge in [0, 0.05) is 5.69 Å². The molecule has 0 heterocycles. The standard InChI is InChI=1S/C18H19NO4/c1-12-3-9-16(10-4-12)19-17(21)13(2)23-18(22)15-7-5-14(11-20)6-8-15/h3-10,13,20H,11H2,1-2H3,(H,19,21)/t13-/m0/s1. The highest BCUT2D eigenvalue weighted by molar-refractivity contribution is 5.97. The summed E-state index contributed by atoms with van der Waals surface area (Å²) < 4.78 is 5.15. The molecule has 1 amide bonds. The van der Waals surface area contributed by atoms with Crippen molar-refractivity contribution in [1.82, 2.24) is 0 Å². The third kappa shape index (κ3) is 4.66. The van der Waals surface area contributed by atoms with Crippen LogP contribution in [0.5, 0.6) is 0 Å². The van der Waals surface area contributed by atoms with Gasteiger partial charge in [-0.2, -0.15) is 0 Å². The summed E-state index contributed by atoms with van der Waals surface area (Å²) in [5.74, 6) is -0.977. The molecule has 0 saturated carbocycles. The van der Waals surface area contributed by atoms with Crippen molar-refractivity contribution in [3.05, 3.63) is 65.2 Å². The first-order valence-corrected chi connectivity index (χ1v) is 7.28. The van der Waals surface area contributed by atoms with Crippen molar-refractivity contribution in [3.8, 4) is 0 Å². The van der Waals surface area contributed by atoms with E-state index >= 15 is 0 Å². The average Bonchev–Trinajstić information content (AvgIpc) is 2.56. The number of esters is 1. The summed E-state index contributed by atoms with van der Waals surface area (Å²) in [7, 11) is 0. The number of aliphatic hydroxyl groups excluding tert-OH is 1. The first kappa shape index (κ1) is 16.7. The molecule has 23 heavy (non-hydrogen) atoms. The number of rotatable bonds is 5. The molecule has 5 nitrogen and oxygen atoms in total. The minimum absolute atomic E-state index is 0.0926. The summed E-state index contributed by atoms with van der Waals surface area (Å²) in [4.78, 5) is 24.0. The number of benzene rings is 2. The minimum Gasteiger partial charge on any atom is -0.449 e. The SMILES string of the molecule is Cc1ccc(NC(=O)[C@H](C)OC(=O)c2ccc(CO)cc2)cc1. The Balaban J connectivity index is 1.94. The van der Waals surface area contributed by atoms with Crippen molar-refractivity contribution >= 4 is 17.6 Å². The Bertz CT molecular complexity index is 677. The van der Waals surface area contributed by atoms with Crippen LogP contribution in [0.4, 0.5) is 5.69 Å². The first-order chi connectivity index (χ1) is 11.0. The molecule has 0 radical (unpaired) electrons. The van der Waals surface area contributed by atoms with E-state index in [2.05, 4.69) is 5.32 Å². The van der Waals surface area contributed by atoms with Gasteiger partial charge in [-0.1, -0.05) is 29.8 Å². The number of hydrogen-bond donors (Lipinski definition) is 2. The van der Waals surface area contributed by atoms with Crippen molar-refractivity contribution in [3.63, 3.8) is 0 Å². The number of anilines is 1. The largest absolute Gasteiger partial charge is 0.449 e. The van der Waals surface area contributed by atoms with Crippen molar-refractivity contribution in [1.29, 1.82) is 0 Å². The van der Waals surface area contributed by atoms with Crippen LogP contribution in [0.15, 0.2) is 48.5 Å². The van der Waals surface area contributed by atoms with Crippen LogP contribution in [0.2, 0.25) is 0 Å². The van der Waals surface area contributed by atoms with E-state index in [0.29, 0.717) is 16.8 Å². The molecule has 0 fully saturated rings. The Hall–Kier alpha value is -2.66. The summed E-state index contributed by atoms with van der Waals surface area (Å²) >= 11 is 0. The third-order valence-electron chi connectivity index (χ3n) is 3.34. The molecule has 2 N–H and O–H groups in total. The van der Waals surface area contributed by atoms with E-state index in [1.54, 1.807) is 36.4 Å². The zero-order valence-electron chi connectivity index (χ0n) is 13.1. The average molecular weight is 313 g/mol. The van der Waals surface area contributed by atoms with E-state index < -0.39 is 18.0 Å². The summed E-state index contributed by atoms with van der Waals surface area (Å²) in [6.45, 7) is 3.38. The maximum Gasteiger partial charge on any atom is 0.338 e. The van der Waals surface area contributed by atoms with E-state index in [-0.39, 0.29) is 6.61 Å². The van der Waals surface area contributed by atoms with Gasteiger partial charge < -0.3 is 15.2 Å². The fourth-order valence-electron chi connectivity index (χ4n) is 1.91. The Morgan fingerprint density at radius 1 is 1.09 bits per heavy atom. The quantitative estimate of drug-likeness (QED) is 0.832. The van der Waals surface area contributed by atoms with E-state index in [9.17, 15) is 9.59 Å². The van der Waals surface area contributed by atoms with Crippen LogP contribution < -0.4 is 5.32 Å². The number of carbonyl (C=O) groups is 2. The van der Waals surface area contributed by atoms with Crippen LogP contribution in [0, 0.1) is 6.92 Å². The van der Waals surface area contributed by atoms with Gasteiger partial charge in [0.1, 0.15) is 0 Å². The predicted octanol–water partition coefficient (Wildman–Crippen LogP) is 2.67.